The highest BCUT2D eigenvalue weighted by Crippen LogP contribution is 2.15. The van der Waals surface area contributed by atoms with Crippen molar-refractivity contribution in [3.05, 3.63) is 18.0 Å². The zero-order chi connectivity index (χ0) is 11.1. The molecule has 3 nitrogen and oxygen atoms in total. The van der Waals surface area contributed by atoms with E-state index in [1.165, 1.54) is 0 Å². The van der Waals surface area contributed by atoms with Crippen molar-refractivity contribution in [1.82, 2.24) is 15.3 Å². The third-order valence-corrected chi connectivity index (χ3v) is 3.20. The molecule has 4 heteroatoms. The minimum absolute atomic E-state index is 0.652. The van der Waals surface area contributed by atoms with Gasteiger partial charge in [0.05, 0.1) is 0 Å². The van der Waals surface area contributed by atoms with Gasteiger partial charge in [0.1, 0.15) is 0 Å². The first-order valence-corrected chi connectivity index (χ1v) is 6.34. The van der Waals surface area contributed by atoms with Crippen LogP contribution < -0.4 is 5.32 Å². The monoisotopic (exact) mass is 225 g/mol. The first-order chi connectivity index (χ1) is 7.22. The number of rotatable bonds is 6. The van der Waals surface area contributed by atoms with Crippen molar-refractivity contribution < 1.29 is 0 Å². The van der Waals surface area contributed by atoms with Crippen LogP contribution in [-0.2, 0) is 0 Å². The zero-order valence-electron chi connectivity index (χ0n) is 9.66. The molecule has 15 heavy (non-hydrogen) atoms. The number of nitrogens with one attached hydrogen (secondary N) is 1. The smallest absolute Gasteiger partial charge is 0.187 e. The van der Waals surface area contributed by atoms with E-state index in [0.29, 0.717) is 5.92 Å². The highest BCUT2D eigenvalue weighted by atomic mass is 32.2. The lowest BCUT2D eigenvalue weighted by Gasteiger charge is -2.10. The number of aryl methyl sites for hydroxylation is 1. The van der Waals surface area contributed by atoms with Crippen LogP contribution in [0.4, 0.5) is 0 Å². The molecule has 1 heterocycles. The van der Waals surface area contributed by atoms with Crippen LogP contribution in [0.15, 0.2) is 17.4 Å². The summed E-state index contributed by atoms with van der Waals surface area (Å²) in [5.41, 5.74) is 1.03. The summed E-state index contributed by atoms with van der Waals surface area (Å²) < 4.78 is 0. The number of aromatic nitrogens is 2. The molecule has 1 N–H and O–H groups in total. The van der Waals surface area contributed by atoms with E-state index >= 15 is 0 Å². The van der Waals surface area contributed by atoms with Gasteiger partial charge in [-0.25, -0.2) is 9.97 Å². The maximum Gasteiger partial charge on any atom is 0.187 e. The van der Waals surface area contributed by atoms with E-state index in [2.05, 4.69) is 29.1 Å². The fraction of sp³-hybridized carbons (Fsp3) is 0.636. The lowest BCUT2D eigenvalue weighted by Crippen LogP contribution is -2.21. The minimum Gasteiger partial charge on any atom is -0.317 e. The first-order valence-electron chi connectivity index (χ1n) is 5.35. The maximum atomic E-state index is 4.36. The van der Waals surface area contributed by atoms with Crippen molar-refractivity contribution in [3.63, 3.8) is 0 Å². The summed E-state index contributed by atoms with van der Waals surface area (Å²) >= 11 is 1.73. The van der Waals surface area contributed by atoms with Gasteiger partial charge in [0.15, 0.2) is 5.16 Å². The maximum absolute atomic E-state index is 4.36. The predicted molar refractivity (Wildman–Crippen MR) is 65.2 cm³/mol. The Hall–Kier alpha value is -0.610. The summed E-state index contributed by atoms with van der Waals surface area (Å²) in [5, 5.41) is 4.23. The van der Waals surface area contributed by atoms with E-state index < -0.39 is 0 Å². The summed E-state index contributed by atoms with van der Waals surface area (Å²) in [6.45, 7) is 8.47. The summed E-state index contributed by atoms with van der Waals surface area (Å²) in [6, 6.07) is 1.92. The van der Waals surface area contributed by atoms with Crippen LogP contribution in [0.1, 0.15) is 19.5 Å². The van der Waals surface area contributed by atoms with Crippen LogP contribution >= 0.6 is 11.8 Å². The Morgan fingerprint density at radius 1 is 1.53 bits per heavy atom. The molecule has 0 saturated carbocycles. The molecule has 1 rings (SSSR count). The summed E-state index contributed by atoms with van der Waals surface area (Å²) in [6.07, 6.45) is 1.82. The fourth-order valence-electron chi connectivity index (χ4n) is 1.16. The van der Waals surface area contributed by atoms with Crippen molar-refractivity contribution >= 4 is 11.8 Å². The zero-order valence-corrected chi connectivity index (χ0v) is 10.5. The van der Waals surface area contributed by atoms with E-state index in [9.17, 15) is 0 Å². The van der Waals surface area contributed by atoms with Gasteiger partial charge in [-0.2, -0.15) is 0 Å². The van der Waals surface area contributed by atoms with E-state index in [1.54, 1.807) is 11.8 Å². The molecule has 1 unspecified atom stereocenters. The van der Waals surface area contributed by atoms with Gasteiger partial charge in [-0.05, 0) is 32.0 Å². The average molecular weight is 225 g/mol. The van der Waals surface area contributed by atoms with Crippen molar-refractivity contribution in [2.24, 2.45) is 5.92 Å². The molecule has 0 bridgehead atoms. The molecule has 84 valence electrons. The Labute approximate surface area is 96.1 Å². The molecule has 0 fully saturated rings. The van der Waals surface area contributed by atoms with Crippen LogP contribution in [-0.4, -0.2) is 28.8 Å². The van der Waals surface area contributed by atoms with Gasteiger partial charge in [0, 0.05) is 17.6 Å². The second-order valence-corrected chi connectivity index (χ2v) is 4.69. The standard InChI is InChI=1S/C11H19N3S/c1-4-12-7-9(2)8-15-11-13-6-5-10(3)14-11/h5-6,9,12H,4,7-8H2,1-3H3. The van der Waals surface area contributed by atoms with Crippen LogP contribution in [0.5, 0.6) is 0 Å². The van der Waals surface area contributed by atoms with Crippen molar-refractivity contribution in [2.75, 3.05) is 18.8 Å². The Morgan fingerprint density at radius 3 is 3.00 bits per heavy atom. The average Bonchev–Trinajstić information content (AvgIpc) is 2.23. The minimum atomic E-state index is 0.652. The van der Waals surface area contributed by atoms with Gasteiger partial charge in [-0.15, -0.1) is 0 Å². The van der Waals surface area contributed by atoms with Crippen molar-refractivity contribution in [1.29, 1.82) is 0 Å². The molecule has 0 aliphatic rings. The largest absolute Gasteiger partial charge is 0.317 e. The van der Waals surface area contributed by atoms with Crippen molar-refractivity contribution in [2.45, 2.75) is 25.9 Å². The third kappa shape index (κ3) is 5.14. The van der Waals surface area contributed by atoms with Crippen molar-refractivity contribution in [3.8, 4) is 0 Å². The van der Waals surface area contributed by atoms with Gasteiger partial charge >= 0.3 is 0 Å². The fourth-order valence-corrected chi connectivity index (χ4v) is 2.06. The van der Waals surface area contributed by atoms with E-state index in [0.717, 1.165) is 29.7 Å². The molecule has 1 aromatic rings. The molecule has 0 saturated heterocycles. The number of nitrogens with zero attached hydrogens (tertiary/aromatic N) is 2. The molecule has 1 aromatic heterocycles. The molecule has 1 atom stereocenters. The second kappa shape index (κ2) is 6.80. The summed E-state index contributed by atoms with van der Waals surface area (Å²) in [7, 11) is 0. The molecule has 0 aliphatic carbocycles. The van der Waals surface area contributed by atoms with Crippen LogP contribution in [0.3, 0.4) is 0 Å². The highest BCUT2D eigenvalue weighted by molar-refractivity contribution is 7.99. The molecule has 0 aromatic carbocycles. The number of hydrogen-bond acceptors (Lipinski definition) is 4. The lowest BCUT2D eigenvalue weighted by molar-refractivity contribution is 0.573. The van der Waals surface area contributed by atoms with Gasteiger partial charge < -0.3 is 5.32 Å². The predicted octanol–water partition coefficient (Wildman–Crippen LogP) is 2.12. The first kappa shape index (κ1) is 12.5. The Balaban J connectivity index is 2.30. The quantitative estimate of drug-likeness (QED) is 0.594. The highest BCUT2D eigenvalue weighted by Gasteiger charge is 2.04. The van der Waals surface area contributed by atoms with E-state index in [4.69, 9.17) is 0 Å². The summed E-state index contributed by atoms with van der Waals surface area (Å²) in [4.78, 5) is 8.58. The Morgan fingerprint density at radius 2 is 2.33 bits per heavy atom. The van der Waals surface area contributed by atoms with Gasteiger partial charge in [-0.1, -0.05) is 25.6 Å². The molecular weight excluding hydrogens is 206 g/mol. The second-order valence-electron chi connectivity index (χ2n) is 3.70. The Bertz CT molecular complexity index is 291. The van der Waals surface area contributed by atoms with Crippen LogP contribution in [0.25, 0.3) is 0 Å². The normalized spacial score (nSPS) is 12.7. The van der Waals surface area contributed by atoms with Crippen LogP contribution in [0, 0.1) is 12.8 Å². The molecule has 0 amide bonds. The van der Waals surface area contributed by atoms with Crippen LogP contribution in [0.2, 0.25) is 0 Å². The van der Waals surface area contributed by atoms with Gasteiger partial charge in [0.2, 0.25) is 0 Å². The van der Waals surface area contributed by atoms with E-state index in [1.807, 2.05) is 19.2 Å². The Kier molecular flexibility index (Phi) is 5.65. The molecule has 0 spiro atoms. The third-order valence-electron chi connectivity index (χ3n) is 2.01. The lowest BCUT2D eigenvalue weighted by atomic mass is 10.2. The topological polar surface area (TPSA) is 37.8 Å². The number of thioether (sulfide) groups is 1. The SMILES string of the molecule is CCNCC(C)CSc1nccc(C)n1. The molecular formula is C11H19N3S. The molecule has 0 radical (unpaired) electrons. The van der Waals surface area contributed by atoms with Gasteiger partial charge in [-0.3, -0.25) is 0 Å². The molecule has 0 aliphatic heterocycles. The number of hydrogen-bond donors (Lipinski definition) is 1. The van der Waals surface area contributed by atoms with Gasteiger partial charge in [0.25, 0.3) is 0 Å². The van der Waals surface area contributed by atoms with E-state index in [-0.39, 0.29) is 0 Å². The summed E-state index contributed by atoms with van der Waals surface area (Å²) in [5.74, 6) is 1.72.